The maximum absolute atomic E-state index is 12.8. The number of amides is 1. The van der Waals surface area contributed by atoms with Gasteiger partial charge in [-0.1, -0.05) is 17.7 Å². The largest absolute Gasteiger partial charge is 0.351 e. The van der Waals surface area contributed by atoms with Crippen LogP contribution < -0.4 is 5.32 Å². The third kappa shape index (κ3) is 4.00. The second kappa shape index (κ2) is 7.51. The molecule has 6 nitrogen and oxygen atoms in total. The zero-order valence-electron chi connectivity index (χ0n) is 13.4. The van der Waals surface area contributed by atoms with Crippen molar-refractivity contribution >= 4 is 27.5 Å². The van der Waals surface area contributed by atoms with Gasteiger partial charge in [0.15, 0.2) is 0 Å². The van der Waals surface area contributed by atoms with Crippen LogP contribution in [-0.2, 0) is 21.4 Å². The molecule has 2 aromatic rings. The number of benzene rings is 1. The maximum Gasteiger partial charge on any atom is 0.243 e. The van der Waals surface area contributed by atoms with Crippen LogP contribution in [0.15, 0.2) is 53.7 Å². The zero-order chi connectivity index (χ0) is 17.9. The van der Waals surface area contributed by atoms with Crippen LogP contribution in [0.5, 0.6) is 0 Å². The Kier molecular flexibility index (Phi) is 5.36. The second-order valence-electron chi connectivity index (χ2n) is 5.81. The van der Waals surface area contributed by atoms with Crippen molar-refractivity contribution in [2.45, 2.75) is 30.3 Å². The lowest BCUT2D eigenvalue weighted by atomic mass is 10.2. The molecule has 0 bridgehead atoms. The topological polar surface area (TPSA) is 79.4 Å². The molecule has 8 heteroatoms. The number of nitrogens with zero attached hydrogens (tertiary/aromatic N) is 2. The first-order valence-corrected chi connectivity index (χ1v) is 9.74. The van der Waals surface area contributed by atoms with Gasteiger partial charge in [0.05, 0.1) is 4.90 Å². The van der Waals surface area contributed by atoms with Gasteiger partial charge in [-0.2, -0.15) is 4.31 Å². The summed E-state index contributed by atoms with van der Waals surface area (Å²) in [4.78, 5) is 16.6. The van der Waals surface area contributed by atoms with E-state index in [0.29, 0.717) is 31.0 Å². The normalized spacial score (nSPS) is 18.2. The van der Waals surface area contributed by atoms with Gasteiger partial charge in [0.1, 0.15) is 6.04 Å². The van der Waals surface area contributed by atoms with Gasteiger partial charge in [0.25, 0.3) is 0 Å². The Bertz CT molecular complexity index is 841. The Morgan fingerprint density at radius 2 is 2.04 bits per heavy atom. The average Bonchev–Trinajstić information content (AvgIpc) is 3.12. The third-order valence-corrected chi connectivity index (χ3v) is 6.29. The van der Waals surface area contributed by atoms with E-state index in [1.165, 1.54) is 28.6 Å². The molecule has 1 aromatic heterocycles. The van der Waals surface area contributed by atoms with Gasteiger partial charge < -0.3 is 5.32 Å². The lowest BCUT2D eigenvalue weighted by molar-refractivity contribution is -0.124. The molecule has 1 aliphatic rings. The van der Waals surface area contributed by atoms with E-state index in [0.717, 1.165) is 5.56 Å². The molecule has 25 heavy (non-hydrogen) atoms. The van der Waals surface area contributed by atoms with Crippen molar-refractivity contribution < 1.29 is 13.2 Å². The fraction of sp³-hybridized carbons (Fsp3) is 0.294. The highest BCUT2D eigenvalue weighted by atomic mass is 35.5. The van der Waals surface area contributed by atoms with Crippen LogP contribution in [0.3, 0.4) is 0 Å². The lowest BCUT2D eigenvalue weighted by Crippen LogP contribution is -2.45. The number of halogens is 1. The molecule has 0 unspecified atom stereocenters. The van der Waals surface area contributed by atoms with E-state index >= 15 is 0 Å². The molecule has 3 rings (SSSR count). The maximum atomic E-state index is 12.8. The minimum atomic E-state index is -3.73. The van der Waals surface area contributed by atoms with Crippen LogP contribution >= 0.6 is 11.6 Å². The number of sulfonamides is 1. The molecular weight excluding hydrogens is 362 g/mol. The SMILES string of the molecule is O=C(NCc1cccnc1)[C@H]1CCCN1S(=O)(=O)c1ccc(Cl)cc1. The molecule has 0 spiro atoms. The number of pyridine rings is 1. The van der Waals surface area contributed by atoms with Crippen LogP contribution in [0, 0.1) is 0 Å². The number of nitrogens with one attached hydrogen (secondary N) is 1. The summed E-state index contributed by atoms with van der Waals surface area (Å²) in [5.41, 5.74) is 0.862. The van der Waals surface area contributed by atoms with Crippen LogP contribution in [-0.4, -0.2) is 36.2 Å². The summed E-state index contributed by atoms with van der Waals surface area (Å²) < 4.78 is 26.9. The molecule has 1 aromatic carbocycles. The van der Waals surface area contributed by atoms with Crippen LogP contribution in [0.1, 0.15) is 18.4 Å². The summed E-state index contributed by atoms with van der Waals surface area (Å²) in [7, 11) is -3.73. The van der Waals surface area contributed by atoms with Gasteiger partial charge in [0, 0.05) is 30.5 Å². The summed E-state index contributed by atoms with van der Waals surface area (Å²) in [6.45, 7) is 0.647. The minimum Gasteiger partial charge on any atom is -0.351 e. The fourth-order valence-electron chi connectivity index (χ4n) is 2.84. The summed E-state index contributed by atoms with van der Waals surface area (Å²) in [6.07, 6.45) is 4.48. The van der Waals surface area contributed by atoms with E-state index in [1.807, 2.05) is 6.07 Å². The zero-order valence-corrected chi connectivity index (χ0v) is 15.0. The van der Waals surface area contributed by atoms with Crippen molar-refractivity contribution in [2.24, 2.45) is 0 Å². The number of rotatable bonds is 5. The molecule has 0 radical (unpaired) electrons. The molecule has 0 aliphatic carbocycles. The summed E-state index contributed by atoms with van der Waals surface area (Å²) in [6, 6.07) is 8.92. The summed E-state index contributed by atoms with van der Waals surface area (Å²) in [5.74, 6) is -0.293. The summed E-state index contributed by atoms with van der Waals surface area (Å²) in [5, 5.41) is 3.26. The molecule has 2 heterocycles. The Balaban J connectivity index is 1.73. The first-order valence-electron chi connectivity index (χ1n) is 7.92. The van der Waals surface area contributed by atoms with E-state index in [9.17, 15) is 13.2 Å². The molecular formula is C17H18ClN3O3S. The van der Waals surface area contributed by atoms with Crippen molar-refractivity contribution in [3.05, 3.63) is 59.4 Å². The predicted molar refractivity (Wildman–Crippen MR) is 94.4 cm³/mol. The lowest BCUT2D eigenvalue weighted by Gasteiger charge is -2.23. The standard InChI is InChI=1S/C17H18ClN3O3S/c18-14-5-7-15(8-6-14)25(23,24)21-10-2-4-16(21)17(22)20-12-13-3-1-9-19-11-13/h1,3,5-9,11,16H,2,4,10,12H2,(H,20,22)/t16-/m1/s1. The van der Waals surface area contributed by atoms with E-state index in [1.54, 1.807) is 18.5 Å². The van der Waals surface area contributed by atoms with Crippen molar-refractivity contribution in [2.75, 3.05) is 6.54 Å². The predicted octanol–water partition coefficient (Wildman–Crippen LogP) is 2.20. The van der Waals surface area contributed by atoms with Gasteiger partial charge in [-0.3, -0.25) is 9.78 Å². The quantitative estimate of drug-likeness (QED) is 0.863. The number of carbonyl (C=O) groups is 1. The number of hydrogen-bond acceptors (Lipinski definition) is 4. The number of carbonyl (C=O) groups excluding carboxylic acids is 1. The van der Waals surface area contributed by atoms with Gasteiger partial charge >= 0.3 is 0 Å². The van der Waals surface area contributed by atoms with E-state index in [-0.39, 0.29) is 10.8 Å². The molecule has 132 valence electrons. The van der Waals surface area contributed by atoms with Gasteiger partial charge in [-0.15, -0.1) is 0 Å². The van der Waals surface area contributed by atoms with E-state index < -0.39 is 16.1 Å². The Labute approximate surface area is 151 Å². The first-order chi connectivity index (χ1) is 12.0. The molecule has 1 aliphatic heterocycles. The van der Waals surface area contributed by atoms with Gasteiger partial charge in [-0.25, -0.2) is 8.42 Å². The van der Waals surface area contributed by atoms with Crippen molar-refractivity contribution in [3.8, 4) is 0 Å². The van der Waals surface area contributed by atoms with E-state index in [4.69, 9.17) is 11.6 Å². The van der Waals surface area contributed by atoms with Crippen LogP contribution in [0.2, 0.25) is 5.02 Å². The smallest absolute Gasteiger partial charge is 0.243 e. The second-order valence-corrected chi connectivity index (χ2v) is 8.13. The molecule has 1 N–H and O–H groups in total. The third-order valence-electron chi connectivity index (χ3n) is 4.12. The Morgan fingerprint density at radius 1 is 1.28 bits per heavy atom. The number of hydrogen-bond donors (Lipinski definition) is 1. The Morgan fingerprint density at radius 3 is 2.72 bits per heavy atom. The molecule has 1 atom stereocenters. The van der Waals surface area contributed by atoms with Crippen LogP contribution in [0.4, 0.5) is 0 Å². The number of aromatic nitrogens is 1. The van der Waals surface area contributed by atoms with Crippen molar-refractivity contribution in [3.63, 3.8) is 0 Å². The highest BCUT2D eigenvalue weighted by Gasteiger charge is 2.39. The van der Waals surface area contributed by atoms with Gasteiger partial charge in [0.2, 0.25) is 15.9 Å². The molecule has 1 saturated heterocycles. The molecule has 1 amide bonds. The van der Waals surface area contributed by atoms with Crippen LogP contribution in [0.25, 0.3) is 0 Å². The Hall–Kier alpha value is -1.96. The van der Waals surface area contributed by atoms with Gasteiger partial charge in [-0.05, 0) is 48.7 Å². The van der Waals surface area contributed by atoms with E-state index in [2.05, 4.69) is 10.3 Å². The highest BCUT2D eigenvalue weighted by Crippen LogP contribution is 2.27. The average molecular weight is 380 g/mol. The summed E-state index contributed by atoms with van der Waals surface area (Å²) >= 11 is 5.82. The van der Waals surface area contributed by atoms with Crippen molar-refractivity contribution in [1.82, 2.24) is 14.6 Å². The molecule has 0 saturated carbocycles. The molecule has 1 fully saturated rings. The first kappa shape index (κ1) is 17.8. The minimum absolute atomic E-state index is 0.142. The monoisotopic (exact) mass is 379 g/mol. The fourth-order valence-corrected chi connectivity index (χ4v) is 4.62. The van der Waals surface area contributed by atoms with Crippen molar-refractivity contribution in [1.29, 1.82) is 0 Å². The highest BCUT2D eigenvalue weighted by molar-refractivity contribution is 7.89.